The van der Waals surface area contributed by atoms with E-state index in [2.05, 4.69) is 22.6 Å². The van der Waals surface area contributed by atoms with Crippen molar-refractivity contribution in [2.24, 2.45) is 5.92 Å². The lowest BCUT2D eigenvalue weighted by Crippen LogP contribution is -2.37. The smallest absolute Gasteiger partial charge is 0.348 e. The summed E-state index contributed by atoms with van der Waals surface area (Å²) in [5.41, 5.74) is 1.13. The van der Waals surface area contributed by atoms with Gasteiger partial charge in [0.25, 0.3) is 0 Å². The van der Waals surface area contributed by atoms with Crippen molar-refractivity contribution < 1.29 is 18.0 Å². The Labute approximate surface area is 116 Å². The highest BCUT2D eigenvalue weighted by Crippen LogP contribution is 2.47. The van der Waals surface area contributed by atoms with Crippen LogP contribution in [0.15, 0.2) is 24.3 Å². The lowest BCUT2D eigenvalue weighted by atomic mass is 10.1. The van der Waals surface area contributed by atoms with Crippen LogP contribution in [0, 0.1) is 9.49 Å². The van der Waals surface area contributed by atoms with E-state index in [1.54, 1.807) is 0 Å². The van der Waals surface area contributed by atoms with Crippen molar-refractivity contribution >= 4 is 28.5 Å². The van der Waals surface area contributed by atoms with Crippen LogP contribution in [0.5, 0.6) is 0 Å². The zero-order valence-electron chi connectivity index (χ0n) is 9.30. The fourth-order valence-corrected chi connectivity index (χ4v) is 2.28. The summed E-state index contributed by atoms with van der Waals surface area (Å²) in [5.74, 6) is -1.46. The van der Waals surface area contributed by atoms with Crippen LogP contribution in [-0.2, 0) is 4.79 Å². The van der Waals surface area contributed by atoms with Gasteiger partial charge in [0.1, 0.15) is 0 Å². The fraction of sp³-hybridized carbons (Fsp3) is 0.417. The molecule has 0 aromatic heterocycles. The van der Waals surface area contributed by atoms with Crippen molar-refractivity contribution in [2.45, 2.75) is 18.5 Å². The number of nitrogens with one attached hydrogen (secondary N) is 1. The predicted octanol–water partition coefficient (Wildman–Crippen LogP) is 3.07. The minimum absolute atomic E-state index is 0.0923. The van der Waals surface area contributed by atoms with E-state index in [4.69, 9.17) is 0 Å². The standard InChI is InChI=1S/C12H11F3INO/c13-12(14,15)11(18)17-6-8-5-10(8)7-1-3-9(16)4-2-7/h1-4,8,10H,5-6H2,(H,17,18)/t8-,10-/m0/s1. The Balaban J connectivity index is 1.82. The summed E-state index contributed by atoms with van der Waals surface area (Å²) in [6.07, 6.45) is -3.95. The molecule has 2 rings (SSSR count). The number of carbonyl (C=O) groups excluding carboxylic acids is 1. The van der Waals surface area contributed by atoms with E-state index in [1.807, 2.05) is 29.6 Å². The SMILES string of the molecule is O=C(NC[C@@H]1C[C@H]1c1ccc(I)cc1)C(F)(F)F. The summed E-state index contributed by atoms with van der Waals surface area (Å²) in [4.78, 5) is 10.6. The fourth-order valence-electron chi connectivity index (χ4n) is 1.92. The molecule has 0 bridgehead atoms. The molecule has 1 aromatic carbocycles. The van der Waals surface area contributed by atoms with E-state index in [1.165, 1.54) is 0 Å². The van der Waals surface area contributed by atoms with Gasteiger partial charge in [0.2, 0.25) is 0 Å². The third-order valence-electron chi connectivity index (χ3n) is 3.00. The molecule has 1 aromatic rings. The molecule has 0 saturated heterocycles. The third-order valence-corrected chi connectivity index (χ3v) is 3.72. The van der Waals surface area contributed by atoms with E-state index < -0.39 is 12.1 Å². The van der Waals surface area contributed by atoms with Gasteiger partial charge in [-0.1, -0.05) is 12.1 Å². The molecule has 1 fully saturated rings. The molecular formula is C12H11F3INO. The van der Waals surface area contributed by atoms with Crippen molar-refractivity contribution in [3.05, 3.63) is 33.4 Å². The van der Waals surface area contributed by atoms with E-state index in [9.17, 15) is 18.0 Å². The molecule has 0 heterocycles. The summed E-state index contributed by atoms with van der Waals surface area (Å²) in [5, 5.41) is 1.93. The first-order chi connectivity index (χ1) is 8.38. The second kappa shape index (κ2) is 5.07. The number of carbonyl (C=O) groups is 1. The molecule has 1 N–H and O–H groups in total. The van der Waals surface area contributed by atoms with E-state index >= 15 is 0 Å². The molecule has 1 saturated carbocycles. The second-order valence-corrected chi connectivity index (χ2v) is 5.61. The molecule has 18 heavy (non-hydrogen) atoms. The number of alkyl halides is 3. The minimum Gasteiger partial charge on any atom is -0.348 e. The van der Waals surface area contributed by atoms with E-state index in [-0.39, 0.29) is 18.4 Å². The van der Waals surface area contributed by atoms with Gasteiger partial charge >= 0.3 is 12.1 Å². The van der Waals surface area contributed by atoms with Crippen molar-refractivity contribution in [1.82, 2.24) is 5.32 Å². The van der Waals surface area contributed by atoms with Crippen molar-refractivity contribution in [3.8, 4) is 0 Å². The summed E-state index contributed by atoms with van der Waals surface area (Å²) < 4.78 is 37.0. The number of halogens is 4. The van der Waals surface area contributed by atoms with Gasteiger partial charge in [-0.2, -0.15) is 13.2 Å². The predicted molar refractivity (Wildman–Crippen MR) is 69.1 cm³/mol. The van der Waals surface area contributed by atoms with Crippen molar-refractivity contribution in [2.75, 3.05) is 6.54 Å². The van der Waals surface area contributed by atoms with E-state index in [0.717, 1.165) is 15.6 Å². The summed E-state index contributed by atoms with van der Waals surface area (Å²) in [6, 6.07) is 7.91. The lowest BCUT2D eigenvalue weighted by molar-refractivity contribution is -0.173. The maximum absolute atomic E-state index is 12.0. The normalized spacial score (nSPS) is 22.7. The first-order valence-corrected chi connectivity index (χ1v) is 6.56. The molecule has 2 nitrogen and oxygen atoms in total. The summed E-state index contributed by atoms with van der Waals surface area (Å²) in [7, 11) is 0. The maximum Gasteiger partial charge on any atom is 0.471 e. The van der Waals surface area contributed by atoms with Gasteiger partial charge in [0.15, 0.2) is 0 Å². The van der Waals surface area contributed by atoms with Crippen LogP contribution in [0.2, 0.25) is 0 Å². The van der Waals surface area contributed by atoms with Crippen molar-refractivity contribution in [3.63, 3.8) is 0 Å². The quantitative estimate of drug-likeness (QED) is 0.816. The molecule has 1 aliphatic rings. The number of rotatable bonds is 3. The maximum atomic E-state index is 12.0. The second-order valence-electron chi connectivity index (χ2n) is 4.36. The highest BCUT2D eigenvalue weighted by atomic mass is 127. The van der Waals surface area contributed by atoms with Crippen LogP contribution in [-0.4, -0.2) is 18.6 Å². The zero-order chi connectivity index (χ0) is 13.3. The van der Waals surface area contributed by atoms with Crippen LogP contribution in [0.1, 0.15) is 17.9 Å². The Morgan fingerprint density at radius 3 is 2.50 bits per heavy atom. The average Bonchev–Trinajstić information content (AvgIpc) is 3.05. The van der Waals surface area contributed by atoms with Crippen molar-refractivity contribution in [1.29, 1.82) is 0 Å². The van der Waals surface area contributed by atoms with Gasteiger partial charge < -0.3 is 5.32 Å². The highest BCUT2D eigenvalue weighted by molar-refractivity contribution is 14.1. The van der Waals surface area contributed by atoms with Gasteiger partial charge in [-0.3, -0.25) is 4.79 Å². The lowest BCUT2D eigenvalue weighted by Gasteiger charge is -2.07. The minimum atomic E-state index is -4.78. The molecule has 2 atom stereocenters. The summed E-state index contributed by atoms with van der Waals surface area (Å²) in [6.45, 7) is 0.0923. The molecule has 98 valence electrons. The largest absolute Gasteiger partial charge is 0.471 e. The Kier molecular flexibility index (Phi) is 3.84. The number of hydrogen-bond donors (Lipinski definition) is 1. The topological polar surface area (TPSA) is 29.1 Å². The van der Waals surface area contributed by atoms with Gasteiger partial charge in [0.05, 0.1) is 0 Å². The van der Waals surface area contributed by atoms with Gasteiger partial charge in [-0.15, -0.1) is 0 Å². The molecule has 0 aliphatic heterocycles. The van der Waals surface area contributed by atoms with E-state index in [0.29, 0.717) is 0 Å². The molecule has 0 radical (unpaired) electrons. The molecular weight excluding hydrogens is 358 g/mol. The Bertz CT molecular complexity index is 444. The average molecular weight is 369 g/mol. The van der Waals surface area contributed by atoms with Crippen LogP contribution >= 0.6 is 22.6 Å². The summed E-state index contributed by atoms with van der Waals surface area (Å²) >= 11 is 2.20. The zero-order valence-corrected chi connectivity index (χ0v) is 11.5. The first-order valence-electron chi connectivity index (χ1n) is 5.48. The monoisotopic (exact) mass is 369 g/mol. The first kappa shape index (κ1) is 13.6. The molecule has 6 heteroatoms. The molecule has 0 unspecified atom stereocenters. The molecule has 0 spiro atoms. The van der Waals surface area contributed by atoms with Crippen LogP contribution in [0.3, 0.4) is 0 Å². The number of hydrogen-bond acceptors (Lipinski definition) is 1. The molecule has 1 aliphatic carbocycles. The van der Waals surface area contributed by atoms with Crippen LogP contribution in [0.4, 0.5) is 13.2 Å². The number of amides is 1. The third kappa shape index (κ3) is 3.37. The Hall–Kier alpha value is -0.790. The van der Waals surface area contributed by atoms with Gasteiger partial charge in [-0.25, -0.2) is 0 Å². The van der Waals surface area contributed by atoms with Gasteiger partial charge in [-0.05, 0) is 58.5 Å². The molecule has 1 amide bonds. The highest BCUT2D eigenvalue weighted by Gasteiger charge is 2.42. The van der Waals surface area contributed by atoms with Gasteiger partial charge in [0, 0.05) is 10.1 Å². The van der Waals surface area contributed by atoms with Crippen LogP contribution < -0.4 is 5.32 Å². The number of benzene rings is 1. The Morgan fingerprint density at radius 2 is 1.94 bits per heavy atom. The van der Waals surface area contributed by atoms with Crippen LogP contribution in [0.25, 0.3) is 0 Å². The Morgan fingerprint density at radius 1 is 1.33 bits per heavy atom.